The molecule has 0 saturated heterocycles. The van der Waals surface area contributed by atoms with E-state index in [1.807, 2.05) is 0 Å². The van der Waals surface area contributed by atoms with Gasteiger partial charge >= 0.3 is 10.2 Å². The van der Waals surface area contributed by atoms with E-state index in [9.17, 15) is 19.4 Å². The highest BCUT2D eigenvalue weighted by Crippen LogP contribution is 3.02. The van der Waals surface area contributed by atoms with Crippen molar-refractivity contribution >= 4 is 26.2 Å². The number of aliphatic hydroxyl groups is 1. The van der Waals surface area contributed by atoms with Gasteiger partial charge < -0.3 is 5.11 Å². The van der Waals surface area contributed by atoms with Gasteiger partial charge in [0.25, 0.3) is 0 Å². The molecule has 1 N–H and O–H groups in total. The van der Waals surface area contributed by atoms with Crippen LogP contribution in [0.25, 0.3) is 0 Å². The van der Waals surface area contributed by atoms with Crippen molar-refractivity contribution in [1.29, 1.82) is 0 Å². The van der Waals surface area contributed by atoms with Crippen LogP contribution in [-0.2, 0) is 6.61 Å². The quantitative estimate of drug-likeness (QED) is 0.791. The SMILES string of the molecule is OCc1ccc(S(F)(F)(F)(F)F)cc1Br. The predicted molar refractivity (Wildman–Crippen MR) is 51.5 cm³/mol. The molecule has 1 rings (SSSR count). The van der Waals surface area contributed by atoms with E-state index in [2.05, 4.69) is 15.9 Å². The molecule has 1 nitrogen and oxygen atoms in total. The molecule has 0 spiro atoms. The first-order valence-corrected chi connectivity index (χ1v) is 6.32. The molecule has 8 heteroatoms. The maximum absolute atomic E-state index is 12.3. The second-order valence-electron chi connectivity index (χ2n) is 2.88. The summed E-state index contributed by atoms with van der Waals surface area (Å²) in [6, 6.07) is 1.34. The lowest BCUT2D eigenvalue weighted by Gasteiger charge is -2.40. The fraction of sp³-hybridized carbons (Fsp3) is 0.143. The number of hydrogen-bond donors (Lipinski definition) is 1. The Labute approximate surface area is 90.8 Å². The van der Waals surface area contributed by atoms with Crippen molar-refractivity contribution in [1.82, 2.24) is 0 Å². The maximum Gasteiger partial charge on any atom is 0.310 e. The summed E-state index contributed by atoms with van der Waals surface area (Å²) in [6.45, 7) is -0.527. The number of rotatable bonds is 2. The molecule has 0 radical (unpaired) electrons. The fourth-order valence-electron chi connectivity index (χ4n) is 0.896. The smallest absolute Gasteiger partial charge is 0.310 e. The molecule has 0 bridgehead atoms. The minimum absolute atomic E-state index is 0.112. The molecule has 15 heavy (non-hydrogen) atoms. The molecule has 0 fully saturated rings. The zero-order chi connectivity index (χ0) is 12.0. The summed E-state index contributed by atoms with van der Waals surface area (Å²) in [5.41, 5.74) is 0.112. The van der Waals surface area contributed by atoms with E-state index in [0.29, 0.717) is 0 Å². The molecule has 0 heterocycles. The van der Waals surface area contributed by atoms with E-state index < -0.39 is 21.7 Å². The van der Waals surface area contributed by atoms with Gasteiger partial charge in [-0.3, -0.25) is 0 Å². The topological polar surface area (TPSA) is 20.2 Å². The standard InChI is InChI=1S/C7H6BrF5OS/c8-7-3-6(2-1-5(7)4-14)15(9,10,11,12)13/h1-3,14H,4H2. The van der Waals surface area contributed by atoms with Gasteiger partial charge in [-0.2, -0.15) is 0 Å². The van der Waals surface area contributed by atoms with Gasteiger partial charge in [-0.1, -0.05) is 41.4 Å². The Morgan fingerprint density at radius 1 is 1.13 bits per heavy atom. The lowest BCUT2D eigenvalue weighted by atomic mass is 10.2. The van der Waals surface area contributed by atoms with Gasteiger partial charge in [-0.15, -0.1) is 0 Å². The third-order valence-corrected chi connectivity index (χ3v) is 3.52. The van der Waals surface area contributed by atoms with Crippen LogP contribution >= 0.6 is 26.2 Å². The zero-order valence-electron chi connectivity index (χ0n) is 7.06. The summed E-state index contributed by atoms with van der Waals surface area (Å²) in [5, 5.41) is 8.65. The van der Waals surface area contributed by atoms with Crippen LogP contribution in [0, 0.1) is 0 Å². The van der Waals surface area contributed by atoms with Crippen molar-refractivity contribution in [3.8, 4) is 0 Å². The second kappa shape index (κ2) is 2.86. The van der Waals surface area contributed by atoms with Gasteiger partial charge in [0.2, 0.25) is 0 Å². The Morgan fingerprint density at radius 2 is 1.67 bits per heavy atom. The van der Waals surface area contributed by atoms with Crippen molar-refractivity contribution in [3.05, 3.63) is 28.2 Å². The van der Waals surface area contributed by atoms with Crippen LogP contribution in [0.5, 0.6) is 0 Å². The van der Waals surface area contributed by atoms with E-state index >= 15 is 0 Å². The molecule has 1 aromatic carbocycles. The van der Waals surface area contributed by atoms with Gasteiger partial charge in [0, 0.05) is 4.47 Å². The second-order valence-corrected chi connectivity index (χ2v) is 6.14. The first-order chi connectivity index (χ1) is 6.44. The van der Waals surface area contributed by atoms with Crippen LogP contribution < -0.4 is 0 Å². The van der Waals surface area contributed by atoms with E-state index in [4.69, 9.17) is 5.11 Å². The molecule has 0 unspecified atom stereocenters. The molecule has 0 amide bonds. The predicted octanol–water partition coefficient (Wildman–Crippen LogP) is 4.60. The summed E-state index contributed by atoms with van der Waals surface area (Å²) in [5.74, 6) is 0. The zero-order valence-corrected chi connectivity index (χ0v) is 9.46. The highest BCUT2D eigenvalue weighted by molar-refractivity contribution is 9.10. The largest absolute Gasteiger partial charge is 0.392 e. The molecule has 88 valence electrons. The summed E-state index contributed by atoms with van der Waals surface area (Å²) in [7, 11) is -9.61. The molecular formula is C7H6BrF5OS. The third-order valence-electron chi connectivity index (χ3n) is 1.64. The fourth-order valence-corrected chi connectivity index (χ4v) is 2.22. The van der Waals surface area contributed by atoms with E-state index in [1.54, 1.807) is 0 Å². The van der Waals surface area contributed by atoms with Crippen LogP contribution in [0.1, 0.15) is 5.56 Å². The first kappa shape index (κ1) is 12.7. The minimum atomic E-state index is -9.61. The highest BCUT2D eigenvalue weighted by atomic mass is 79.9. The van der Waals surface area contributed by atoms with Crippen molar-refractivity contribution in [2.24, 2.45) is 0 Å². The normalized spacial score (nSPS) is 17.0. The molecule has 0 saturated carbocycles. The van der Waals surface area contributed by atoms with Crippen molar-refractivity contribution in [3.63, 3.8) is 0 Å². The van der Waals surface area contributed by atoms with Gasteiger partial charge in [0.05, 0.1) is 6.61 Å². The van der Waals surface area contributed by atoms with Crippen molar-refractivity contribution in [2.75, 3.05) is 0 Å². The number of aliphatic hydroxyl groups excluding tert-OH is 1. The van der Waals surface area contributed by atoms with Crippen LogP contribution in [0.3, 0.4) is 0 Å². The molecule has 0 aliphatic carbocycles. The van der Waals surface area contributed by atoms with Crippen LogP contribution in [0.4, 0.5) is 19.4 Å². The van der Waals surface area contributed by atoms with E-state index in [-0.39, 0.29) is 22.2 Å². The van der Waals surface area contributed by atoms with Crippen LogP contribution in [0.2, 0.25) is 0 Å². The van der Waals surface area contributed by atoms with Crippen LogP contribution in [-0.4, -0.2) is 5.11 Å². The lowest BCUT2D eigenvalue weighted by molar-refractivity contribution is 0.281. The van der Waals surface area contributed by atoms with Crippen molar-refractivity contribution < 1.29 is 24.5 Å². The average molecular weight is 313 g/mol. The molecule has 1 aromatic rings. The Kier molecular flexibility index (Phi) is 2.43. The molecule has 0 aliphatic heterocycles. The summed E-state index contributed by atoms with van der Waals surface area (Å²) < 4.78 is 61.2. The Morgan fingerprint density at radius 3 is 2.00 bits per heavy atom. The molecule has 0 aromatic heterocycles. The van der Waals surface area contributed by atoms with Gasteiger partial charge in [0.1, 0.15) is 4.90 Å². The van der Waals surface area contributed by atoms with Crippen molar-refractivity contribution in [2.45, 2.75) is 11.5 Å². The van der Waals surface area contributed by atoms with Gasteiger partial charge in [0.15, 0.2) is 0 Å². The average Bonchev–Trinajstić information content (AvgIpc) is 2.00. The highest BCUT2D eigenvalue weighted by Gasteiger charge is 2.65. The Hall–Kier alpha value is -0.340. The first-order valence-electron chi connectivity index (χ1n) is 3.57. The number of hydrogen-bond acceptors (Lipinski definition) is 1. The number of halogens is 6. The minimum Gasteiger partial charge on any atom is -0.392 e. The van der Waals surface area contributed by atoms with Crippen LogP contribution in [0.15, 0.2) is 27.6 Å². The summed E-state index contributed by atoms with van der Waals surface area (Å²) >= 11 is 2.67. The summed E-state index contributed by atoms with van der Waals surface area (Å²) in [4.78, 5) is -1.97. The summed E-state index contributed by atoms with van der Waals surface area (Å²) in [6.07, 6.45) is 0. The maximum atomic E-state index is 12.3. The molecule has 0 aliphatic rings. The van der Waals surface area contributed by atoms with Gasteiger partial charge in [-0.05, 0) is 17.7 Å². The van der Waals surface area contributed by atoms with Gasteiger partial charge in [-0.25, -0.2) is 0 Å². The molecule has 0 atom stereocenters. The Bertz CT molecular complexity index is 401. The number of benzene rings is 1. The lowest BCUT2D eigenvalue weighted by Crippen LogP contribution is -2.06. The van der Waals surface area contributed by atoms with E-state index in [0.717, 1.165) is 6.07 Å². The Balaban J connectivity index is 3.39. The molecular weight excluding hydrogens is 307 g/mol. The third kappa shape index (κ3) is 3.05. The van der Waals surface area contributed by atoms with E-state index in [1.165, 1.54) is 0 Å². The monoisotopic (exact) mass is 312 g/mol.